The van der Waals surface area contributed by atoms with Gasteiger partial charge in [-0.3, -0.25) is 9.69 Å². The Bertz CT molecular complexity index is 732. The van der Waals surface area contributed by atoms with Crippen LogP contribution in [-0.2, 0) is 6.54 Å². The van der Waals surface area contributed by atoms with Crippen LogP contribution in [0.25, 0.3) is 0 Å². The number of carbonyl (C=O) groups is 1. The molecule has 0 spiro atoms. The lowest BCUT2D eigenvalue weighted by Gasteiger charge is -2.21. The SMILES string of the molecule is Cc1cc(CN2CCCN(C(=O)c3ccc(F)c(F)c3)CC2)no1. The number of rotatable bonds is 3. The van der Waals surface area contributed by atoms with Gasteiger partial charge in [0.2, 0.25) is 0 Å². The highest BCUT2D eigenvalue weighted by atomic mass is 19.2. The summed E-state index contributed by atoms with van der Waals surface area (Å²) < 4.78 is 31.4. The van der Waals surface area contributed by atoms with Gasteiger partial charge in [0.1, 0.15) is 5.76 Å². The molecule has 0 bridgehead atoms. The van der Waals surface area contributed by atoms with E-state index in [1.165, 1.54) is 6.07 Å². The molecule has 0 aliphatic carbocycles. The van der Waals surface area contributed by atoms with Gasteiger partial charge >= 0.3 is 0 Å². The van der Waals surface area contributed by atoms with Gasteiger partial charge < -0.3 is 9.42 Å². The number of hydrogen-bond donors (Lipinski definition) is 0. The van der Waals surface area contributed by atoms with Crippen molar-refractivity contribution in [3.05, 3.63) is 52.9 Å². The quantitative estimate of drug-likeness (QED) is 0.865. The molecule has 0 radical (unpaired) electrons. The van der Waals surface area contributed by atoms with Crippen molar-refractivity contribution in [1.82, 2.24) is 15.0 Å². The first-order chi connectivity index (χ1) is 11.5. The summed E-state index contributed by atoms with van der Waals surface area (Å²) in [5, 5.41) is 3.99. The molecular weight excluding hydrogens is 316 g/mol. The molecule has 1 aliphatic rings. The van der Waals surface area contributed by atoms with Crippen LogP contribution >= 0.6 is 0 Å². The standard InChI is InChI=1S/C17H19F2N3O2/c1-12-9-14(20-24-12)11-21-5-2-6-22(8-7-21)17(23)13-3-4-15(18)16(19)10-13/h3-4,9-10H,2,5-8,11H2,1H3. The molecule has 2 aromatic rings. The van der Waals surface area contributed by atoms with E-state index in [9.17, 15) is 13.6 Å². The second-order valence-corrected chi connectivity index (χ2v) is 5.98. The molecule has 1 aromatic heterocycles. The summed E-state index contributed by atoms with van der Waals surface area (Å²) in [6.07, 6.45) is 0.812. The fourth-order valence-corrected chi connectivity index (χ4v) is 2.87. The molecule has 1 aliphatic heterocycles. The highest BCUT2D eigenvalue weighted by Gasteiger charge is 2.21. The van der Waals surface area contributed by atoms with Crippen LogP contribution in [0.1, 0.15) is 28.2 Å². The number of hydrogen-bond acceptors (Lipinski definition) is 4. The Morgan fingerprint density at radius 1 is 1.17 bits per heavy atom. The first-order valence-corrected chi connectivity index (χ1v) is 7.92. The van der Waals surface area contributed by atoms with Crippen molar-refractivity contribution in [2.24, 2.45) is 0 Å². The zero-order valence-corrected chi connectivity index (χ0v) is 13.5. The lowest BCUT2D eigenvalue weighted by Crippen LogP contribution is -2.35. The maximum atomic E-state index is 13.3. The second-order valence-electron chi connectivity index (χ2n) is 5.98. The van der Waals surface area contributed by atoms with Gasteiger partial charge in [-0.15, -0.1) is 0 Å². The Hall–Kier alpha value is -2.28. The summed E-state index contributed by atoms with van der Waals surface area (Å²) in [6.45, 7) is 5.18. The molecule has 1 fully saturated rings. The van der Waals surface area contributed by atoms with Crippen LogP contribution in [0.3, 0.4) is 0 Å². The maximum absolute atomic E-state index is 13.3. The molecular formula is C17H19F2N3O2. The minimum absolute atomic E-state index is 0.175. The second kappa shape index (κ2) is 7.09. The van der Waals surface area contributed by atoms with Crippen LogP contribution in [0.2, 0.25) is 0 Å². The maximum Gasteiger partial charge on any atom is 0.254 e. The van der Waals surface area contributed by atoms with Crippen LogP contribution in [0, 0.1) is 18.6 Å². The van der Waals surface area contributed by atoms with Crippen LogP contribution in [0.5, 0.6) is 0 Å². The molecule has 1 saturated heterocycles. The number of carbonyl (C=O) groups excluding carboxylic acids is 1. The van der Waals surface area contributed by atoms with Crippen LogP contribution < -0.4 is 0 Å². The van der Waals surface area contributed by atoms with Crippen molar-refractivity contribution in [2.75, 3.05) is 26.2 Å². The van der Waals surface area contributed by atoms with Gasteiger partial charge in [0.05, 0.1) is 5.69 Å². The molecule has 1 aromatic carbocycles. The van der Waals surface area contributed by atoms with E-state index in [0.29, 0.717) is 26.2 Å². The first-order valence-electron chi connectivity index (χ1n) is 7.92. The molecule has 0 N–H and O–H groups in total. The molecule has 128 valence electrons. The Labute approximate surface area is 138 Å². The van der Waals surface area contributed by atoms with E-state index in [1.54, 1.807) is 4.90 Å². The summed E-state index contributed by atoms with van der Waals surface area (Å²) >= 11 is 0. The first kappa shape index (κ1) is 16.6. The van der Waals surface area contributed by atoms with Crippen molar-refractivity contribution in [1.29, 1.82) is 0 Å². The van der Waals surface area contributed by atoms with Crippen LogP contribution in [0.4, 0.5) is 8.78 Å². The number of halogens is 2. The lowest BCUT2D eigenvalue weighted by molar-refractivity contribution is 0.0760. The molecule has 3 rings (SSSR count). The minimum Gasteiger partial charge on any atom is -0.361 e. The molecule has 0 saturated carbocycles. The molecule has 5 nitrogen and oxygen atoms in total. The Balaban J connectivity index is 1.62. The summed E-state index contributed by atoms with van der Waals surface area (Å²) in [6, 6.07) is 5.16. The van der Waals surface area contributed by atoms with Crippen molar-refractivity contribution < 1.29 is 18.1 Å². The van der Waals surface area contributed by atoms with Gasteiger partial charge in [0, 0.05) is 44.4 Å². The van der Waals surface area contributed by atoms with Gasteiger partial charge in [0.25, 0.3) is 5.91 Å². The summed E-state index contributed by atoms with van der Waals surface area (Å²) in [5.74, 6) is -1.45. The Morgan fingerprint density at radius 2 is 2.00 bits per heavy atom. The van der Waals surface area contributed by atoms with Gasteiger partial charge in [0.15, 0.2) is 11.6 Å². The molecule has 24 heavy (non-hydrogen) atoms. The molecule has 0 unspecified atom stereocenters. The highest BCUT2D eigenvalue weighted by Crippen LogP contribution is 2.14. The minimum atomic E-state index is -1.00. The molecule has 2 heterocycles. The van der Waals surface area contributed by atoms with Gasteiger partial charge in [-0.1, -0.05) is 5.16 Å². The third-order valence-electron chi connectivity index (χ3n) is 4.10. The zero-order chi connectivity index (χ0) is 17.1. The average molecular weight is 335 g/mol. The van der Waals surface area contributed by atoms with Crippen molar-refractivity contribution in [3.8, 4) is 0 Å². The van der Waals surface area contributed by atoms with E-state index in [2.05, 4.69) is 10.1 Å². The van der Waals surface area contributed by atoms with Crippen molar-refractivity contribution in [3.63, 3.8) is 0 Å². The topological polar surface area (TPSA) is 49.6 Å². The van der Waals surface area contributed by atoms with E-state index in [4.69, 9.17) is 4.52 Å². The fraction of sp³-hybridized carbons (Fsp3) is 0.412. The molecule has 1 amide bonds. The summed E-state index contributed by atoms with van der Waals surface area (Å²) in [4.78, 5) is 16.4. The van der Waals surface area contributed by atoms with E-state index >= 15 is 0 Å². The lowest BCUT2D eigenvalue weighted by atomic mass is 10.2. The summed E-state index contributed by atoms with van der Waals surface area (Å²) in [7, 11) is 0. The normalized spacial score (nSPS) is 16.2. The Kier molecular flexibility index (Phi) is 4.89. The zero-order valence-electron chi connectivity index (χ0n) is 13.5. The van der Waals surface area contributed by atoms with Crippen LogP contribution in [-0.4, -0.2) is 47.0 Å². The van der Waals surface area contributed by atoms with Gasteiger partial charge in [-0.2, -0.15) is 0 Å². The number of benzene rings is 1. The number of amides is 1. The largest absolute Gasteiger partial charge is 0.361 e. The van der Waals surface area contributed by atoms with Gasteiger partial charge in [-0.25, -0.2) is 8.78 Å². The molecule has 0 atom stereocenters. The summed E-state index contributed by atoms with van der Waals surface area (Å²) in [5.41, 5.74) is 1.04. The van der Waals surface area contributed by atoms with E-state index < -0.39 is 11.6 Å². The van der Waals surface area contributed by atoms with Gasteiger partial charge in [-0.05, 0) is 31.5 Å². The number of aromatic nitrogens is 1. The number of nitrogens with zero attached hydrogens (tertiary/aromatic N) is 3. The predicted octanol–water partition coefficient (Wildman–Crippen LogP) is 2.61. The van der Waals surface area contributed by atoms with E-state index in [-0.39, 0.29) is 11.5 Å². The van der Waals surface area contributed by atoms with Crippen molar-refractivity contribution >= 4 is 5.91 Å². The predicted molar refractivity (Wildman–Crippen MR) is 83.4 cm³/mol. The van der Waals surface area contributed by atoms with E-state index in [1.807, 2.05) is 13.0 Å². The molecule has 7 heteroatoms. The fourth-order valence-electron chi connectivity index (χ4n) is 2.87. The Morgan fingerprint density at radius 3 is 2.71 bits per heavy atom. The highest BCUT2D eigenvalue weighted by molar-refractivity contribution is 5.94. The monoisotopic (exact) mass is 335 g/mol. The third kappa shape index (κ3) is 3.79. The average Bonchev–Trinajstić information content (AvgIpc) is 2.82. The van der Waals surface area contributed by atoms with Crippen LogP contribution in [0.15, 0.2) is 28.8 Å². The number of aryl methyl sites for hydroxylation is 1. The third-order valence-corrected chi connectivity index (χ3v) is 4.10. The smallest absolute Gasteiger partial charge is 0.254 e. The van der Waals surface area contributed by atoms with E-state index in [0.717, 1.165) is 36.6 Å². The van der Waals surface area contributed by atoms with Crippen molar-refractivity contribution in [2.45, 2.75) is 19.9 Å².